The van der Waals surface area contributed by atoms with Crippen LogP contribution in [0.2, 0.25) is 0 Å². The summed E-state index contributed by atoms with van der Waals surface area (Å²) in [5, 5.41) is 0. The number of hydrogen-bond acceptors (Lipinski definition) is 6. The maximum atomic E-state index is 12.7. The van der Waals surface area contributed by atoms with Crippen molar-refractivity contribution in [2.75, 3.05) is 13.2 Å². The molecule has 6 nitrogen and oxygen atoms in total. The van der Waals surface area contributed by atoms with Crippen LogP contribution >= 0.6 is 0 Å². The molecule has 0 saturated carbocycles. The van der Waals surface area contributed by atoms with Gasteiger partial charge >= 0.3 is 17.9 Å². The fourth-order valence-corrected chi connectivity index (χ4v) is 8.28. The predicted molar refractivity (Wildman–Crippen MR) is 288 cm³/mol. The van der Waals surface area contributed by atoms with Crippen LogP contribution in [0.5, 0.6) is 0 Å². The van der Waals surface area contributed by atoms with Gasteiger partial charge in [0.25, 0.3) is 0 Å². The van der Waals surface area contributed by atoms with Crippen molar-refractivity contribution in [3.8, 4) is 0 Å². The van der Waals surface area contributed by atoms with Gasteiger partial charge in [-0.2, -0.15) is 0 Å². The normalized spacial score (nSPS) is 12.5. The fourth-order valence-electron chi connectivity index (χ4n) is 8.28. The number of ether oxygens (including phenoxy) is 3. The Hall–Kier alpha value is -2.89. The fraction of sp³-hybridized carbons (Fsp3) is 0.787. The summed E-state index contributed by atoms with van der Waals surface area (Å²) in [6.45, 7) is 6.45. The van der Waals surface area contributed by atoms with Crippen LogP contribution in [0.25, 0.3) is 0 Å². The SMILES string of the molecule is CC/C=C\C/C=C\C/C=C\C/C=C\C/C=C\CC(=O)OC(COC(=O)CCCCCCCCCCC)COC(=O)CCCCCCCCCCCCCCCCCCCCCCCCCCC. The molecule has 0 N–H and O–H groups in total. The number of carbonyl (C=O) groups excluding carboxylic acids is 3. The molecule has 0 aromatic carbocycles. The Labute approximate surface area is 415 Å². The minimum atomic E-state index is -0.824. The highest BCUT2D eigenvalue weighted by Crippen LogP contribution is 2.17. The molecule has 0 aliphatic carbocycles. The van der Waals surface area contributed by atoms with Crippen molar-refractivity contribution in [1.82, 2.24) is 0 Å². The number of carbonyl (C=O) groups is 3. The first-order valence-electron chi connectivity index (χ1n) is 28.8. The standard InChI is InChI=1S/C61H108O6/c1-4-7-10-13-16-19-21-23-25-26-27-28-29-30-31-32-33-34-36-37-39-42-45-48-51-54-60(63)66-57-58(56-65-59(62)53-50-47-44-41-18-15-12-9-6-3)67-61(64)55-52-49-46-43-40-38-35-24-22-20-17-14-11-8-5-2/h8,11,17,20,24,35,40,43,49,52,58H,4-7,9-10,12-16,18-19,21-23,25-34,36-39,41-42,44-48,50-51,53-57H2,1-3H3/b11-8-,20-17-,35-24-,43-40-,52-49-. The second-order valence-electron chi connectivity index (χ2n) is 19.2. The molecular formula is C61H108O6. The zero-order valence-corrected chi connectivity index (χ0v) is 44.4. The van der Waals surface area contributed by atoms with Crippen LogP contribution in [-0.4, -0.2) is 37.2 Å². The summed E-state index contributed by atoms with van der Waals surface area (Å²) in [7, 11) is 0. The summed E-state index contributed by atoms with van der Waals surface area (Å²) in [4.78, 5) is 37.9. The molecule has 0 bridgehead atoms. The van der Waals surface area contributed by atoms with Crippen molar-refractivity contribution in [3.63, 3.8) is 0 Å². The Morgan fingerprint density at radius 1 is 0.313 bits per heavy atom. The predicted octanol–water partition coefficient (Wildman–Crippen LogP) is 19.2. The topological polar surface area (TPSA) is 78.9 Å². The van der Waals surface area contributed by atoms with E-state index < -0.39 is 12.1 Å². The Kier molecular flexibility index (Phi) is 53.3. The molecule has 0 spiro atoms. The Morgan fingerprint density at radius 2 is 0.567 bits per heavy atom. The molecule has 1 atom stereocenters. The van der Waals surface area contributed by atoms with Gasteiger partial charge in [0.15, 0.2) is 6.10 Å². The molecule has 0 aromatic heterocycles. The van der Waals surface area contributed by atoms with Gasteiger partial charge in [0.1, 0.15) is 13.2 Å². The van der Waals surface area contributed by atoms with Crippen LogP contribution in [0.3, 0.4) is 0 Å². The molecule has 0 saturated heterocycles. The quantitative estimate of drug-likeness (QED) is 0.0262. The minimum absolute atomic E-state index is 0.101. The Balaban J connectivity index is 4.23. The molecule has 67 heavy (non-hydrogen) atoms. The smallest absolute Gasteiger partial charge is 0.310 e. The van der Waals surface area contributed by atoms with Crippen molar-refractivity contribution in [2.45, 2.75) is 297 Å². The number of allylic oxidation sites excluding steroid dienone is 9. The van der Waals surface area contributed by atoms with E-state index in [0.717, 1.165) is 70.6 Å². The lowest BCUT2D eigenvalue weighted by molar-refractivity contribution is -0.166. The second-order valence-corrected chi connectivity index (χ2v) is 19.2. The molecule has 0 fully saturated rings. The van der Waals surface area contributed by atoms with Crippen molar-refractivity contribution in [3.05, 3.63) is 60.8 Å². The van der Waals surface area contributed by atoms with E-state index >= 15 is 0 Å². The van der Waals surface area contributed by atoms with Gasteiger partial charge in [-0.15, -0.1) is 0 Å². The lowest BCUT2D eigenvalue weighted by atomic mass is 10.0. The van der Waals surface area contributed by atoms with E-state index in [1.54, 1.807) is 6.08 Å². The van der Waals surface area contributed by atoms with Gasteiger partial charge in [0.05, 0.1) is 6.42 Å². The Morgan fingerprint density at radius 3 is 0.851 bits per heavy atom. The summed E-state index contributed by atoms with van der Waals surface area (Å²) in [5.74, 6) is -1.03. The van der Waals surface area contributed by atoms with Crippen molar-refractivity contribution >= 4 is 17.9 Å². The lowest BCUT2D eigenvalue weighted by Gasteiger charge is -2.18. The molecule has 0 radical (unpaired) electrons. The molecular weight excluding hydrogens is 829 g/mol. The van der Waals surface area contributed by atoms with Gasteiger partial charge in [-0.3, -0.25) is 14.4 Å². The van der Waals surface area contributed by atoms with E-state index in [-0.39, 0.29) is 31.6 Å². The molecule has 388 valence electrons. The average Bonchev–Trinajstić information content (AvgIpc) is 3.33. The number of esters is 3. The zero-order chi connectivity index (χ0) is 48.6. The highest BCUT2D eigenvalue weighted by atomic mass is 16.6. The third-order valence-electron chi connectivity index (χ3n) is 12.6. The van der Waals surface area contributed by atoms with E-state index in [2.05, 4.69) is 69.4 Å². The third-order valence-corrected chi connectivity index (χ3v) is 12.6. The average molecular weight is 938 g/mol. The second kappa shape index (κ2) is 55.7. The zero-order valence-electron chi connectivity index (χ0n) is 44.4. The van der Waals surface area contributed by atoms with Gasteiger partial charge in [-0.25, -0.2) is 0 Å². The van der Waals surface area contributed by atoms with Gasteiger partial charge in [0.2, 0.25) is 0 Å². The van der Waals surface area contributed by atoms with E-state index in [1.807, 2.05) is 6.08 Å². The highest BCUT2D eigenvalue weighted by Gasteiger charge is 2.19. The first kappa shape index (κ1) is 64.1. The molecule has 6 heteroatoms. The van der Waals surface area contributed by atoms with E-state index in [0.29, 0.717) is 12.8 Å². The molecule has 0 heterocycles. The van der Waals surface area contributed by atoms with Crippen LogP contribution in [0.15, 0.2) is 60.8 Å². The maximum Gasteiger partial charge on any atom is 0.310 e. The lowest BCUT2D eigenvalue weighted by Crippen LogP contribution is -2.30. The largest absolute Gasteiger partial charge is 0.462 e. The Bertz CT molecular complexity index is 1210. The molecule has 0 aliphatic heterocycles. The first-order valence-corrected chi connectivity index (χ1v) is 28.8. The summed E-state index contributed by atoms with van der Waals surface area (Å²) < 4.78 is 16.7. The molecule has 0 amide bonds. The number of hydrogen-bond donors (Lipinski definition) is 0. The summed E-state index contributed by atoms with van der Waals surface area (Å²) >= 11 is 0. The maximum absolute atomic E-state index is 12.7. The molecule has 0 aromatic rings. The van der Waals surface area contributed by atoms with Gasteiger partial charge in [-0.1, -0.05) is 287 Å². The molecule has 1 unspecified atom stereocenters. The van der Waals surface area contributed by atoms with Crippen LogP contribution in [-0.2, 0) is 28.6 Å². The third kappa shape index (κ3) is 53.9. The van der Waals surface area contributed by atoms with Crippen LogP contribution < -0.4 is 0 Å². The first-order chi connectivity index (χ1) is 33.0. The highest BCUT2D eigenvalue weighted by molar-refractivity contribution is 5.72. The van der Waals surface area contributed by atoms with Crippen LogP contribution in [0.1, 0.15) is 290 Å². The van der Waals surface area contributed by atoms with Crippen LogP contribution in [0.4, 0.5) is 0 Å². The number of rotatable bonds is 52. The van der Waals surface area contributed by atoms with Crippen molar-refractivity contribution < 1.29 is 28.6 Å². The van der Waals surface area contributed by atoms with Crippen molar-refractivity contribution in [2.24, 2.45) is 0 Å². The van der Waals surface area contributed by atoms with Crippen LogP contribution in [0, 0.1) is 0 Å². The van der Waals surface area contributed by atoms with Gasteiger partial charge < -0.3 is 14.2 Å². The van der Waals surface area contributed by atoms with Gasteiger partial charge in [0, 0.05) is 12.8 Å². The van der Waals surface area contributed by atoms with E-state index in [1.165, 1.54) is 180 Å². The molecule has 0 aliphatic rings. The minimum Gasteiger partial charge on any atom is -0.462 e. The van der Waals surface area contributed by atoms with Gasteiger partial charge in [-0.05, 0) is 44.9 Å². The summed E-state index contributed by atoms with van der Waals surface area (Å²) in [5.41, 5.74) is 0. The summed E-state index contributed by atoms with van der Waals surface area (Å²) in [6, 6.07) is 0. The monoisotopic (exact) mass is 937 g/mol. The van der Waals surface area contributed by atoms with E-state index in [9.17, 15) is 14.4 Å². The van der Waals surface area contributed by atoms with E-state index in [4.69, 9.17) is 14.2 Å². The molecule has 0 rings (SSSR count). The summed E-state index contributed by atoms with van der Waals surface area (Å²) in [6.07, 6.45) is 69.8. The number of unbranched alkanes of at least 4 members (excludes halogenated alkanes) is 32. The van der Waals surface area contributed by atoms with Crippen molar-refractivity contribution in [1.29, 1.82) is 0 Å².